The van der Waals surface area contributed by atoms with Crippen molar-refractivity contribution in [2.45, 2.75) is 25.8 Å². The predicted octanol–water partition coefficient (Wildman–Crippen LogP) is 2.96. The molecule has 0 radical (unpaired) electrons. The molecule has 74 valence electrons. The van der Waals surface area contributed by atoms with Crippen molar-refractivity contribution in [2.75, 3.05) is 0 Å². The number of hydrogen-bond acceptors (Lipinski definition) is 2. The number of halogens is 2. The van der Waals surface area contributed by atoms with Gasteiger partial charge in [0.15, 0.2) is 0 Å². The van der Waals surface area contributed by atoms with Crippen LogP contribution in [0.5, 0.6) is 0 Å². The second-order valence-corrected chi connectivity index (χ2v) is 3.20. The average Bonchev–Trinajstić information content (AvgIpc) is 2.05. The SMILES string of the molecule is CCC[C@@H](N)c1ccncc1Cl.Cl. The zero-order valence-electron chi connectivity index (χ0n) is 7.53. The summed E-state index contributed by atoms with van der Waals surface area (Å²) in [7, 11) is 0. The molecular formula is C9H14Cl2N2. The third kappa shape index (κ3) is 3.51. The minimum Gasteiger partial charge on any atom is -0.324 e. The van der Waals surface area contributed by atoms with Crippen molar-refractivity contribution in [3.63, 3.8) is 0 Å². The van der Waals surface area contributed by atoms with Gasteiger partial charge in [-0.15, -0.1) is 12.4 Å². The van der Waals surface area contributed by atoms with E-state index in [0.29, 0.717) is 5.02 Å². The maximum atomic E-state index is 5.91. The Morgan fingerprint density at radius 2 is 2.31 bits per heavy atom. The van der Waals surface area contributed by atoms with Gasteiger partial charge in [0, 0.05) is 18.4 Å². The summed E-state index contributed by atoms with van der Waals surface area (Å²) in [5.74, 6) is 0. The maximum absolute atomic E-state index is 5.91. The van der Waals surface area contributed by atoms with Crippen molar-refractivity contribution in [2.24, 2.45) is 5.73 Å². The molecule has 0 saturated carbocycles. The highest BCUT2D eigenvalue weighted by atomic mass is 35.5. The van der Waals surface area contributed by atoms with Crippen LogP contribution in [-0.2, 0) is 0 Å². The fourth-order valence-corrected chi connectivity index (χ4v) is 1.41. The second-order valence-electron chi connectivity index (χ2n) is 2.79. The zero-order valence-corrected chi connectivity index (χ0v) is 9.11. The number of hydrogen-bond donors (Lipinski definition) is 1. The van der Waals surface area contributed by atoms with E-state index in [9.17, 15) is 0 Å². The molecule has 0 bridgehead atoms. The van der Waals surface area contributed by atoms with Gasteiger partial charge in [0.2, 0.25) is 0 Å². The summed E-state index contributed by atoms with van der Waals surface area (Å²) < 4.78 is 0. The van der Waals surface area contributed by atoms with Crippen molar-refractivity contribution in [1.82, 2.24) is 4.98 Å². The van der Waals surface area contributed by atoms with Crippen molar-refractivity contribution in [3.8, 4) is 0 Å². The summed E-state index contributed by atoms with van der Waals surface area (Å²) in [6, 6.07) is 1.92. The van der Waals surface area contributed by atoms with E-state index in [-0.39, 0.29) is 18.4 Å². The minimum absolute atomic E-state index is 0. The molecule has 0 aliphatic carbocycles. The van der Waals surface area contributed by atoms with Crippen LogP contribution in [0.25, 0.3) is 0 Å². The molecule has 0 aliphatic rings. The summed E-state index contributed by atoms with van der Waals surface area (Å²) in [4.78, 5) is 3.90. The normalized spacial score (nSPS) is 11.9. The monoisotopic (exact) mass is 220 g/mol. The lowest BCUT2D eigenvalue weighted by Gasteiger charge is -2.11. The Morgan fingerprint density at radius 1 is 1.62 bits per heavy atom. The highest BCUT2D eigenvalue weighted by molar-refractivity contribution is 6.31. The van der Waals surface area contributed by atoms with E-state index in [1.54, 1.807) is 12.4 Å². The average molecular weight is 221 g/mol. The molecule has 1 aromatic rings. The molecule has 2 N–H and O–H groups in total. The van der Waals surface area contributed by atoms with Gasteiger partial charge in [0.1, 0.15) is 0 Å². The van der Waals surface area contributed by atoms with Gasteiger partial charge in [-0.1, -0.05) is 24.9 Å². The van der Waals surface area contributed by atoms with Crippen molar-refractivity contribution < 1.29 is 0 Å². The largest absolute Gasteiger partial charge is 0.324 e. The Kier molecular flexibility index (Phi) is 6.04. The Morgan fingerprint density at radius 3 is 2.85 bits per heavy atom. The van der Waals surface area contributed by atoms with Crippen LogP contribution in [0.2, 0.25) is 5.02 Å². The molecule has 0 aliphatic heterocycles. The van der Waals surface area contributed by atoms with Gasteiger partial charge in [-0.25, -0.2) is 0 Å². The van der Waals surface area contributed by atoms with Crippen LogP contribution in [0.3, 0.4) is 0 Å². The lowest BCUT2D eigenvalue weighted by Crippen LogP contribution is -2.10. The lowest BCUT2D eigenvalue weighted by atomic mass is 10.1. The Bertz CT molecular complexity index is 253. The molecule has 4 heteroatoms. The standard InChI is InChI=1S/C9H13ClN2.ClH/c1-2-3-9(11)7-4-5-12-6-8(7)10;/h4-6,9H,2-3,11H2,1H3;1H/t9-;/m1./s1. The number of nitrogens with two attached hydrogens (primary N) is 1. The molecule has 1 aromatic heterocycles. The van der Waals surface area contributed by atoms with E-state index >= 15 is 0 Å². The first-order valence-corrected chi connectivity index (χ1v) is 4.48. The Hall–Kier alpha value is -0.310. The van der Waals surface area contributed by atoms with Crippen LogP contribution in [0.1, 0.15) is 31.4 Å². The van der Waals surface area contributed by atoms with Gasteiger partial charge >= 0.3 is 0 Å². The van der Waals surface area contributed by atoms with Gasteiger partial charge < -0.3 is 5.73 Å². The predicted molar refractivity (Wildman–Crippen MR) is 58.3 cm³/mol. The highest BCUT2D eigenvalue weighted by Crippen LogP contribution is 2.22. The van der Waals surface area contributed by atoms with E-state index in [2.05, 4.69) is 11.9 Å². The van der Waals surface area contributed by atoms with E-state index in [1.165, 1.54) is 0 Å². The fourth-order valence-electron chi connectivity index (χ4n) is 1.15. The molecule has 1 heterocycles. The second kappa shape index (κ2) is 6.19. The van der Waals surface area contributed by atoms with E-state index in [1.807, 2.05) is 6.07 Å². The van der Waals surface area contributed by atoms with Crippen LogP contribution in [0.15, 0.2) is 18.5 Å². The molecule has 1 rings (SSSR count). The topological polar surface area (TPSA) is 38.9 Å². The first kappa shape index (κ1) is 12.7. The molecule has 0 saturated heterocycles. The smallest absolute Gasteiger partial charge is 0.0637 e. The van der Waals surface area contributed by atoms with Crippen LogP contribution in [-0.4, -0.2) is 4.98 Å². The molecule has 0 aromatic carbocycles. The summed E-state index contributed by atoms with van der Waals surface area (Å²) in [6.07, 6.45) is 5.38. The van der Waals surface area contributed by atoms with Crippen molar-refractivity contribution in [1.29, 1.82) is 0 Å². The fraction of sp³-hybridized carbons (Fsp3) is 0.444. The van der Waals surface area contributed by atoms with Crippen molar-refractivity contribution >= 4 is 24.0 Å². The number of pyridine rings is 1. The zero-order chi connectivity index (χ0) is 8.97. The van der Waals surface area contributed by atoms with E-state index in [4.69, 9.17) is 17.3 Å². The van der Waals surface area contributed by atoms with Gasteiger partial charge in [-0.3, -0.25) is 4.98 Å². The van der Waals surface area contributed by atoms with Crippen molar-refractivity contribution in [3.05, 3.63) is 29.0 Å². The van der Waals surface area contributed by atoms with E-state index < -0.39 is 0 Å². The first-order chi connectivity index (χ1) is 5.75. The molecule has 0 amide bonds. The molecular weight excluding hydrogens is 207 g/mol. The van der Waals surface area contributed by atoms with Gasteiger partial charge in [-0.2, -0.15) is 0 Å². The van der Waals surface area contributed by atoms with Crippen LogP contribution in [0.4, 0.5) is 0 Å². The Labute approximate surface area is 89.9 Å². The van der Waals surface area contributed by atoms with Crippen LogP contribution >= 0.6 is 24.0 Å². The van der Waals surface area contributed by atoms with Gasteiger partial charge in [0.25, 0.3) is 0 Å². The number of nitrogens with zero attached hydrogens (tertiary/aromatic N) is 1. The molecule has 1 atom stereocenters. The summed E-state index contributed by atoms with van der Waals surface area (Å²) in [5, 5.41) is 0.665. The van der Waals surface area contributed by atoms with Crippen LogP contribution in [0, 0.1) is 0 Å². The highest BCUT2D eigenvalue weighted by Gasteiger charge is 2.07. The molecule has 0 spiro atoms. The quantitative estimate of drug-likeness (QED) is 0.852. The maximum Gasteiger partial charge on any atom is 0.0637 e. The first-order valence-electron chi connectivity index (χ1n) is 4.10. The summed E-state index contributed by atoms with van der Waals surface area (Å²) in [5.41, 5.74) is 6.89. The number of rotatable bonds is 3. The number of aromatic nitrogens is 1. The molecule has 0 fully saturated rings. The van der Waals surface area contributed by atoms with Crippen LogP contribution < -0.4 is 5.73 Å². The molecule has 0 unspecified atom stereocenters. The Balaban J connectivity index is 0.00000144. The van der Waals surface area contributed by atoms with Gasteiger partial charge in [0.05, 0.1) is 5.02 Å². The summed E-state index contributed by atoms with van der Waals surface area (Å²) in [6.45, 7) is 2.11. The third-order valence-electron chi connectivity index (χ3n) is 1.80. The lowest BCUT2D eigenvalue weighted by molar-refractivity contribution is 0.638. The molecule has 2 nitrogen and oxygen atoms in total. The van der Waals surface area contributed by atoms with E-state index in [0.717, 1.165) is 18.4 Å². The molecule has 13 heavy (non-hydrogen) atoms. The third-order valence-corrected chi connectivity index (χ3v) is 2.12. The summed E-state index contributed by atoms with van der Waals surface area (Å²) >= 11 is 5.91. The minimum atomic E-state index is 0. The van der Waals surface area contributed by atoms with Gasteiger partial charge in [-0.05, 0) is 18.1 Å².